The maximum absolute atomic E-state index is 8.88. The van der Waals surface area contributed by atoms with Crippen LogP contribution >= 0.6 is 0 Å². The van der Waals surface area contributed by atoms with Crippen molar-refractivity contribution in [1.82, 2.24) is 0 Å². The van der Waals surface area contributed by atoms with Crippen molar-refractivity contribution in [2.45, 2.75) is 6.42 Å². The Hall–Kier alpha value is -2.26. The summed E-state index contributed by atoms with van der Waals surface area (Å²) in [5.74, 6) is 1.58. The molecular formula is C18H20O3. The molecule has 2 aromatic carbocycles. The molecule has 110 valence electrons. The Morgan fingerprint density at radius 2 is 1.62 bits per heavy atom. The third-order valence-electron chi connectivity index (χ3n) is 3.27. The van der Waals surface area contributed by atoms with Gasteiger partial charge in [-0.1, -0.05) is 42.5 Å². The highest BCUT2D eigenvalue weighted by atomic mass is 16.5. The van der Waals surface area contributed by atoms with Gasteiger partial charge in [0.15, 0.2) is 0 Å². The fourth-order valence-corrected chi connectivity index (χ4v) is 2.26. The minimum atomic E-state index is 0.0103. The predicted molar refractivity (Wildman–Crippen MR) is 84.9 cm³/mol. The summed E-state index contributed by atoms with van der Waals surface area (Å²) >= 11 is 0. The largest absolute Gasteiger partial charge is 0.496 e. The van der Waals surface area contributed by atoms with Crippen molar-refractivity contribution in [3.63, 3.8) is 0 Å². The fourth-order valence-electron chi connectivity index (χ4n) is 2.26. The molecule has 2 rings (SSSR count). The molecule has 0 amide bonds. The Labute approximate surface area is 125 Å². The molecule has 0 aliphatic carbocycles. The Morgan fingerprint density at radius 1 is 1.00 bits per heavy atom. The summed E-state index contributed by atoms with van der Waals surface area (Å²) in [4.78, 5) is 0. The van der Waals surface area contributed by atoms with E-state index >= 15 is 0 Å². The molecule has 0 fully saturated rings. The van der Waals surface area contributed by atoms with Crippen molar-refractivity contribution in [3.05, 3.63) is 65.2 Å². The van der Waals surface area contributed by atoms with Crippen LogP contribution in [0.3, 0.4) is 0 Å². The number of aliphatic hydroxyl groups is 1. The van der Waals surface area contributed by atoms with Gasteiger partial charge in [-0.25, -0.2) is 0 Å². The monoisotopic (exact) mass is 284 g/mol. The highest BCUT2D eigenvalue weighted by molar-refractivity contribution is 5.59. The van der Waals surface area contributed by atoms with E-state index in [-0.39, 0.29) is 6.61 Å². The molecule has 0 saturated heterocycles. The molecule has 0 saturated carbocycles. The van der Waals surface area contributed by atoms with E-state index in [4.69, 9.17) is 14.6 Å². The lowest BCUT2D eigenvalue weighted by Gasteiger charge is -2.14. The molecule has 3 nitrogen and oxygen atoms in total. The normalized spacial score (nSPS) is 10.8. The van der Waals surface area contributed by atoms with Crippen molar-refractivity contribution in [2.75, 3.05) is 20.8 Å². The van der Waals surface area contributed by atoms with Crippen LogP contribution < -0.4 is 9.47 Å². The molecule has 0 aliphatic heterocycles. The summed E-state index contributed by atoms with van der Waals surface area (Å²) < 4.78 is 11.0. The van der Waals surface area contributed by atoms with Gasteiger partial charge < -0.3 is 14.6 Å². The Kier molecular flexibility index (Phi) is 5.41. The van der Waals surface area contributed by atoms with Crippen LogP contribution in [0.2, 0.25) is 0 Å². The van der Waals surface area contributed by atoms with Gasteiger partial charge in [-0.05, 0) is 23.3 Å². The number of rotatable bonds is 6. The quantitative estimate of drug-likeness (QED) is 0.884. The first-order chi connectivity index (χ1) is 10.3. The second-order valence-corrected chi connectivity index (χ2v) is 4.65. The number of ether oxygens (including phenoxy) is 2. The molecule has 0 unspecified atom stereocenters. The van der Waals surface area contributed by atoms with Crippen LogP contribution in [0.4, 0.5) is 0 Å². The lowest BCUT2D eigenvalue weighted by Crippen LogP contribution is -1.99. The molecule has 2 aromatic rings. The van der Waals surface area contributed by atoms with Crippen molar-refractivity contribution < 1.29 is 14.6 Å². The van der Waals surface area contributed by atoms with Gasteiger partial charge >= 0.3 is 0 Å². The van der Waals surface area contributed by atoms with Gasteiger partial charge in [0.1, 0.15) is 11.5 Å². The molecule has 1 N–H and O–H groups in total. The summed E-state index contributed by atoms with van der Waals surface area (Å²) in [5.41, 5.74) is 3.16. The summed E-state index contributed by atoms with van der Waals surface area (Å²) in [6.45, 7) is 0.0103. The average molecular weight is 284 g/mol. The smallest absolute Gasteiger partial charge is 0.126 e. The van der Waals surface area contributed by atoms with E-state index in [9.17, 15) is 0 Å². The van der Waals surface area contributed by atoms with E-state index in [1.54, 1.807) is 20.3 Å². The van der Waals surface area contributed by atoms with Crippen LogP contribution in [-0.2, 0) is 6.42 Å². The van der Waals surface area contributed by atoms with Gasteiger partial charge in [-0.15, -0.1) is 0 Å². The zero-order chi connectivity index (χ0) is 15.1. The first kappa shape index (κ1) is 15.1. The maximum Gasteiger partial charge on any atom is 0.126 e. The molecule has 21 heavy (non-hydrogen) atoms. The number of benzene rings is 2. The number of hydrogen-bond donors (Lipinski definition) is 1. The van der Waals surface area contributed by atoms with Gasteiger partial charge in [0, 0.05) is 12.0 Å². The maximum atomic E-state index is 8.88. The summed E-state index contributed by atoms with van der Waals surface area (Å²) in [6.07, 6.45) is 4.28. The second kappa shape index (κ2) is 7.50. The number of aliphatic hydroxyl groups excluding tert-OH is 1. The zero-order valence-electron chi connectivity index (χ0n) is 12.4. The third-order valence-corrected chi connectivity index (χ3v) is 3.27. The van der Waals surface area contributed by atoms with E-state index in [1.165, 1.54) is 5.56 Å². The average Bonchev–Trinajstić information content (AvgIpc) is 2.54. The van der Waals surface area contributed by atoms with Crippen LogP contribution in [0.25, 0.3) is 6.08 Å². The van der Waals surface area contributed by atoms with Crippen LogP contribution in [0.15, 0.2) is 48.5 Å². The summed E-state index contributed by atoms with van der Waals surface area (Å²) in [6, 6.07) is 14.1. The van der Waals surface area contributed by atoms with Gasteiger partial charge in [0.25, 0.3) is 0 Å². The standard InChI is InChI=1S/C18H20O3/c1-20-17-12-15(9-6-10-19)13-18(21-2)16(17)11-14-7-4-3-5-8-14/h3-9,12-13,19H,10-11H2,1-2H3. The van der Waals surface area contributed by atoms with E-state index in [2.05, 4.69) is 12.1 Å². The zero-order valence-corrected chi connectivity index (χ0v) is 12.4. The molecule has 0 aliphatic rings. The molecule has 0 heterocycles. The first-order valence-electron chi connectivity index (χ1n) is 6.84. The highest BCUT2D eigenvalue weighted by Gasteiger charge is 2.12. The topological polar surface area (TPSA) is 38.7 Å². The van der Waals surface area contributed by atoms with Crippen molar-refractivity contribution in [2.24, 2.45) is 0 Å². The molecule has 3 heteroatoms. The number of methoxy groups -OCH3 is 2. The van der Waals surface area contributed by atoms with Crippen molar-refractivity contribution >= 4 is 6.08 Å². The van der Waals surface area contributed by atoms with E-state index in [1.807, 2.05) is 36.4 Å². The molecule has 0 aromatic heterocycles. The van der Waals surface area contributed by atoms with Crippen LogP contribution in [0.1, 0.15) is 16.7 Å². The SMILES string of the molecule is COc1cc(C=CCO)cc(OC)c1Cc1ccccc1. The summed E-state index contributed by atoms with van der Waals surface area (Å²) in [5, 5.41) is 8.88. The molecular weight excluding hydrogens is 264 g/mol. The second-order valence-electron chi connectivity index (χ2n) is 4.65. The van der Waals surface area contributed by atoms with Gasteiger partial charge in [0.2, 0.25) is 0 Å². The highest BCUT2D eigenvalue weighted by Crippen LogP contribution is 2.33. The minimum absolute atomic E-state index is 0.0103. The molecule has 0 radical (unpaired) electrons. The Bertz CT molecular complexity index is 578. The van der Waals surface area contributed by atoms with E-state index in [0.717, 1.165) is 29.0 Å². The van der Waals surface area contributed by atoms with Crippen LogP contribution in [0.5, 0.6) is 11.5 Å². The summed E-state index contributed by atoms with van der Waals surface area (Å²) in [7, 11) is 3.31. The van der Waals surface area contributed by atoms with Crippen LogP contribution in [0, 0.1) is 0 Å². The van der Waals surface area contributed by atoms with Gasteiger partial charge in [-0.3, -0.25) is 0 Å². The van der Waals surface area contributed by atoms with E-state index in [0.29, 0.717) is 0 Å². The van der Waals surface area contributed by atoms with Gasteiger partial charge in [-0.2, -0.15) is 0 Å². The lowest BCUT2D eigenvalue weighted by atomic mass is 10.0. The molecule has 0 atom stereocenters. The number of hydrogen-bond acceptors (Lipinski definition) is 3. The lowest BCUT2D eigenvalue weighted by molar-refractivity contribution is 0.343. The Balaban J connectivity index is 2.41. The Morgan fingerprint density at radius 3 is 2.14 bits per heavy atom. The minimum Gasteiger partial charge on any atom is -0.496 e. The van der Waals surface area contributed by atoms with Crippen molar-refractivity contribution in [3.8, 4) is 11.5 Å². The third kappa shape index (κ3) is 3.86. The molecule has 0 spiro atoms. The van der Waals surface area contributed by atoms with Crippen LogP contribution in [-0.4, -0.2) is 25.9 Å². The predicted octanol–water partition coefficient (Wildman–Crippen LogP) is 3.30. The molecule has 0 bridgehead atoms. The first-order valence-corrected chi connectivity index (χ1v) is 6.84. The van der Waals surface area contributed by atoms with E-state index < -0.39 is 0 Å². The van der Waals surface area contributed by atoms with Crippen molar-refractivity contribution in [1.29, 1.82) is 0 Å². The van der Waals surface area contributed by atoms with Gasteiger partial charge in [0.05, 0.1) is 20.8 Å². The fraction of sp³-hybridized carbons (Fsp3) is 0.222.